The number of hydrogen-bond acceptors (Lipinski definition) is 3. The van der Waals surface area contributed by atoms with Crippen molar-refractivity contribution >= 4 is 17.7 Å². The SMILES string of the molecule is NC(=O)CNC(=O)C1CC(=O)N(C2CC2)C1. The Morgan fingerprint density at radius 2 is 2.12 bits per heavy atom. The second-order valence-corrected chi connectivity index (χ2v) is 4.36. The molecule has 3 N–H and O–H groups in total. The zero-order valence-corrected chi connectivity index (χ0v) is 8.94. The molecule has 1 saturated heterocycles. The fourth-order valence-electron chi connectivity index (χ4n) is 1.96. The van der Waals surface area contributed by atoms with Gasteiger partial charge >= 0.3 is 0 Å². The predicted octanol–water partition coefficient (Wildman–Crippen LogP) is -1.40. The molecule has 16 heavy (non-hydrogen) atoms. The molecule has 1 atom stereocenters. The van der Waals surface area contributed by atoms with E-state index < -0.39 is 5.91 Å². The van der Waals surface area contributed by atoms with E-state index in [0.29, 0.717) is 12.6 Å². The highest BCUT2D eigenvalue weighted by atomic mass is 16.2. The van der Waals surface area contributed by atoms with E-state index in [1.165, 1.54) is 0 Å². The van der Waals surface area contributed by atoms with E-state index >= 15 is 0 Å². The predicted molar refractivity (Wildman–Crippen MR) is 55.0 cm³/mol. The smallest absolute Gasteiger partial charge is 0.236 e. The van der Waals surface area contributed by atoms with Crippen molar-refractivity contribution in [3.63, 3.8) is 0 Å². The third-order valence-electron chi connectivity index (χ3n) is 2.95. The number of likely N-dealkylation sites (tertiary alicyclic amines) is 1. The first-order chi connectivity index (χ1) is 7.58. The maximum Gasteiger partial charge on any atom is 0.236 e. The van der Waals surface area contributed by atoms with Crippen molar-refractivity contribution in [2.45, 2.75) is 25.3 Å². The van der Waals surface area contributed by atoms with Crippen LogP contribution in [-0.4, -0.2) is 41.8 Å². The number of nitrogens with one attached hydrogen (secondary N) is 1. The standard InChI is InChI=1S/C10H15N3O3/c11-8(14)4-12-10(16)6-3-9(15)13(5-6)7-1-2-7/h6-7H,1-5H2,(H2,11,14)(H,12,16). The molecule has 0 spiro atoms. The molecular weight excluding hydrogens is 210 g/mol. The number of amides is 3. The van der Waals surface area contributed by atoms with Gasteiger partial charge < -0.3 is 16.0 Å². The molecule has 1 aliphatic heterocycles. The minimum atomic E-state index is -0.572. The summed E-state index contributed by atoms with van der Waals surface area (Å²) in [6.45, 7) is 0.320. The number of carbonyl (C=O) groups is 3. The van der Waals surface area contributed by atoms with Crippen LogP contribution in [0.2, 0.25) is 0 Å². The monoisotopic (exact) mass is 225 g/mol. The molecule has 2 fully saturated rings. The van der Waals surface area contributed by atoms with Crippen molar-refractivity contribution in [2.75, 3.05) is 13.1 Å². The fourth-order valence-corrected chi connectivity index (χ4v) is 1.96. The highest BCUT2D eigenvalue weighted by Crippen LogP contribution is 2.32. The van der Waals surface area contributed by atoms with Crippen molar-refractivity contribution in [2.24, 2.45) is 11.7 Å². The van der Waals surface area contributed by atoms with Gasteiger partial charge in [-0.25, -0.2) is 0 Å². The number of nitrogens with zero attached hydrogens (tertiary/aromatic N) is 1. The molecule has 0 bridgehead atoms. The summed E-state index contributed by atoms with van der Waals surface area (Å²) in [6.07, 6.45) is 2.34. The molecule has 1 unspecified atom stereocenters. The van der Waals surface area contributed by atoms with Crippen LogP contribution in [0.3, 0.4) is 0 Å². The van der Waals surface area contributed by atoms with Crippen LogP contribution in [-0.2, 0) is 14.4 Å². The van der Waals surface area contributed by atoms with Gasteiger partial charge in [0.25, 0.3) is 0 Å². The quantitative estimate of drug-likeness (QED) is 0.616. The van der Waals surface area contributed by atoms with Gasteiger partial charge in [-0.3, -0.25) is 14.4 Å². The number of rotatable bonds is 4. The Morgan fingerprint density at radius 3 is 2.69 bits per heavy atom. The Labute approximate surface area is 93.1 Å². The Bertz CT molecular complexity index is 338. The molecule has 88 valence electrons. The Hall–Kier alpha value is -1.59. The van der Waals surface area contributed by atoms with Gasteiger partial charge in [0.2, 0.25) is 17.7 Å². The van der Waals surface area contributed by atoms with E-state index in [1.54, 1.807) is 4.90 Å². The third kappa shape index (κ3) is 2.32. The van der Waals surface area contributed by atoms with Crippen LogP contribution in [0.15, 0.2) is 0 Å². The topological polar surface area (TPSA) is 92.5 Å². The van der Waals surface area contributed by atoms with Gasteiger partial charge in [0.15, 0.2) is 0 Å². The summed E-state index contributed by atoms with van der Waals surface area (Å²) in [4.78, 5) is 35.4. The third-order valence-corrected chi connectivity index (χ3v) is 2.95. The number of nitrogens with two attached hydrogens (primary N) is 1. The van der Waals surface area contributed by atoms with Crippen LogP contribution in [0, 0.1) is 5.92 Å². The summed E-state index contributed by atoms with van der Waals surface area (Å²) in [7, 11) is 0. The largest absolute Gasteiger partial charge is 0.368 e. The summed E-state index contributed by atoms with van der Waals surface area (Å²) < 4.78 is 0. The fraction of sp³-hybridized carbons (Fsp3) is 0.700. The summed E-state index contributed by atoms with van der Waals surface area (Å²) in [6, 6.07) is 0.349. The van der Waals surface area contributed by atoms with Crippen molar-refractivity contribution in [3.05, 3.63) is 0 Å². The van der Waals surface area contributed by atoms with E-state index in [9.17, 15) is 14.4 Å². The zero-order chi connectivity index (χ0) is 11.7. The van der Waals surface area contributed by atoms with Gasteiger partial charge in [-0.15, -0.1) is 0 Å². The molecule has 2 rings (SSSR count). The lowest BCUT2D eigenvalue weighted by molar-refractivity contribution is -0.129. The summed E-state index contributed by atoms with van der Waals surface area (Å²) >= 11 is 0. The minimum Gasteiger partial charge on any atom is -0.368 e. The molecule has 6 nitrogen and oxygen atoms in total. The van der Waals surface area contributed by atoms with Crippen molar-refractivity contribution in [1.82, 2.24) is 10.2 Å². The first-order valence-electron chi connectivity index (χ1n) is 5.43. The van der Waals surface area contributed by atoms with E-state index in [4.69, 9.17) is 5.73 Å². The van der Waals surface area contributed by atoms with Gasteiger partial charge in [0, 0.05) is 19.0 Å². The van der Waals surface area contributed by atoms with E-state index in [0.717, 1.165) is 12.8 Å². The van der Waals surface area contributed by atoms with E-state index in [-0.39, 0.29) is 30.7 Å². The van der Waals surface area contributed by atoms with Gasteiger partial charge in [0.05, 0.1) is 12.5 Å². The normalized spacial score (nSPS) is 24.6. The maximum absolute atomic E-state index is 11.6. The van der Waals surface area contributed by atoms with Crippen LogP contribution in [0.5, 0.6) is 0 Å². The zero-order valence-electron chi connectivity index (χ0n) is 8.94. The summed E-state index contributed by atoms with van der Waals surface area (Å²) in [5, 5.41) is 2.43. The molecular formula is C10H15N3O3. The summed E-state index contributed by atoms with van der Waals surface area (Å²) in [5.41, 5.74) is 4.92. The second kappa shape index (κ2) is 4.11. The molecule has 0 radical (unpaired) electrons. The van der Waals surface area contributed by atoms with Crippen LogP contribution in [0.4, 0.5) is 0 Å². The van der Waals surface area contributed by atoms with Crippen molar-refractivity contribution in [1.29, 1.82) is 0 Å². The van der Waals surface area contributed by atoms with E-state index in [1.807, 2.05) is 0 Å². The van der Waals surface area contributed by atoms with Crippen LogP contribution in [0.1, 0.15) is 19.3 Å². The maximum atomic E-state index is 11.6. The highest BCUT2D eigenvalue weighted by Gasteiger charge is 2.41. The molecule has 1 saturated carbocycles. The van der Waals surface area contributed by atoms with E-state index in [2.05, 4.69) is 5.32 Å². The Kier molecular flexibility index (Phi) is 2.80. The van der Waals surface area contributed by atoms with Gasteiger partial charge in [-0.2, -0.15) is 0 Å². The highest BCUT2D eigenvalue weighted by molar-refractivity contribution is 5.91. The molecule has 6 heteroatoms. The number of primary amides is 1. The Morgan fingerprint density at radius 1 is 1.44 bits per heavy atom. The summed E-state index contributed by atoms with van der Waals surface area (Å²) in [5.74, 6) is -1.11. The molecule has 0 aromatic heterocycles. The molecule has 1 aliphatic carbocycles. The first kappa shape index (κ1) is 10.9. The molecule has 3 amide bonds. The van der Waals surface area contributed by atoms with Gasteiger partial charge in [-0.05, 0) is 12.8 Å². The molecule has 0 aromatic carbocycles. The van der Waals surface area contributed by atoms with Crippen LogP contribution >= 0.6 is 0 Å². The lowest BCUT2D eigenvalue weighted by Crippen LogP contribution is -2.38. The van der Waals surface area contributed by atoms with Crippen LogP contribution < -0.4 is 11.1 Å². The van der Waals surface area contributed by atoms with Crippen molar-refractivity contribution in [3.8, 4) is 0 Å². The van der Waals surface area contributed by atoms with Crippen molar-refractivity contribution < 1.29 is 14.4 Å². The number of carbonyl (C=O) groups excluding carboxylic acids is 3. The lowest BCUT2D eigenvalue weighted by atomic mass is 10.1. The average Bonchev–Trinajstić information content (AvgIpc) is 2.99. The Balaban J connectivity index is 1.84. The molecule has 1 heterocycles. The average molecular weight is 225 g/mol. The van der Waals surface area contributed by atoms with Gasteiger partial charge in [-0.1, -0.05) is 0 Å². The van der Waals surface area contributed by atoms with Gasteiger partial charge in [0.1, 0.15) is 0 Å². The second-order valence-electron chi connectivity index (χ2n) is 4.36. The lowest BCUT2D eigenvalue weighted by Gasteiger charge is -2.14. The van der Waals surface area contributed by atoms with Crippen LogP contribution in [0.25, 0.3) is 0 Å². The minimum absolute atomic E-state index is 0.0433. The molecule has 2 aliphatic rings. The number of hydrogen-bond donors (Lipinski definition) is 2. The molecule has 0 aromatic rings. The first-order valence-corrected chi connectivity index (χ1v) is 5.43.